The Morgan fingerprint density at radius 2 is 1.36 bits per heavy atom. The first-order chi connectivity index (χ1) is 16.1. The normalized spacial score (nSPS) is 15.0. The first-order valence-electron chi connectivity index (χ1n) is 10.9. The molecule has 1 heterocycles. The first-order valence-corrected chi connectivity index (χ1v) is 12.5. The van der Waals surface area contributed by atoms with Crippen molar-refractivity contribution in [2.45, 2.75) is 13.8 Å². The molecule has 5 rings (SSSR count). The molecule has 5 nitrogen and oxygen atoms in total. The Labute approximate surface area is 192 Å². The summed E-state index contributed by atoms with van der Waals surface area (Å²) in [5.41, 5.74) is 1.67. The molecule has 4 aromatic carbocycles. The number of benzene rings is 4. The smallest absolute Gasteiger partial charge is 0.365 e. The largest absolute Gasteiger partial charge is 0.421 e. The van der Waals surface area contributed by atoms with E-state index in [0.29, 0.717) is 16.7 Å². The molecule has 0 aromatic heterocycles. The van der Waals surface area contributed by atoms with Gasteiger partial charge in [-0.25, -0.2) is 4.79 Å². The maximum atomic E-state index is 14.2. The Morgan fingerprint density at radius 1 is 0.788 bits per heavy atom. The van der Waals surface area contributed by atoms with Gasteiger partial charge in [0, 0.05) is 11.1 Å². The second kappa shape index (κ2) is 8.60. The van der Waals surface area contributed by atoms with Crippen LogP contribution in [0.2, 0.25) is 0 Å². The number of carbonyl (C=O) groups excluding carboxylic acids is 1. The number of hydrogen-bond acceptors (Lipinski definition) is 5. The number of fused-ring (bicyclic) bond motifs is 3. The maximum Gasteiger partial charge on any atom is 0.365 e. The van der Waals surface area contributed by atoms with Crippen LogP contribution in [0.15, 0.2) is 78.9 Å². The van der Waals surface area contributed by atoms with E-state index < -0.39 is 13.6 Å². The van der Waals surface area contributed by atoms with Gasteiger partial charge in [0.2, 0.25) is 0 Å². The fourth-order valence-electron chi connectivity index (χ4n) is 4.31. The lowest BCUT2D eigenvalue weighted by atomic mass is 9.99. The number of carbonyl (C=O) groups is 1. The fourth-order valence-corrected chi connectivity index (χ4v) is 6.23. The molecular weight excluding hydrogens is 435 g/mol. The SMILES string of the molecule is CCOP(=O)(OCC)/C(=C1/OC(=O)c2cc3ccccc3cc21)c1cccc2ccccc12. The van der Waals surface area contributed by atoms with Gasteiger partial charge >= 0.3 is 13.6 Å². The van der Waals surface area contributed by atoms with Crippen molar-refractivity contribution >= 4 is 46.2 Å². The molecule has 0 spiro atoms. The standard InChI is InChI=1S/C27H23O5P/c1-3-30-33(29,31-4-2)26(22-15-9-13-18-10-7-8-14-21(18)22)25-23-16-19-11-5-6-12-20(19)17-24(23)27(28)32-25/h5-17H,3-4H2,1-2H3/b26-25+. The van der Waals surface area contributed by atoms with Gasteiger partial charge in [-0.1, -0.05) is 66.7 Å². The molecule has 0 saturated carbocycles. The van der Waals surface area contributed by atoms with Crippen molar-refractivity contribution in [3.05, 3.63) is 95.6 Å². The third-order valence-corrected chi connectivity index (χ3v) is 7.86. The summed E-state index contributed by atoms with van der Waals surface area (Å²) in [5, 5.41) is 3.99. The lowest BCUT2D eigenvalue weighted by Gasteiger charge is -2.23. The summed E-state index contributed by atoms with van der Waals surface area (Å²) in [6.45, 7) is 3.88. The van der Waals surface area contributed by atoms with E-state index in [4.69, 9.17) is 13.8 Å². The van der Waals surface area contributed by atoms with E-state index in [9.17, 15) is 9.36 Å². The van der Waals surface area contributed by atoms with Crippen LogP contribution in [0.1, 0.15) is 35.3 Å². The summed E-state index contributed by atoms with van der Waals surface area (Å²) in [7, 11) is -3.85. The van der Waals surface area contributed by atoms with Gasteiger partial charge in [0.05, 0.1) is 18.8 Å². The van der Waals surface area contributed by atoms with Crippen LogP contribution in [-0.4, -0.2) is 19.2 Å². The molecule has 0 fully saturated rings. The van der Waals surface area contributed by atoms with Crippen LogP contribution >= 0.6 is 7.60 Å². The minimum atomic E-state index is -3.85. The van der Waals surface area contributed by atoms with Gasteiger partial charge in [-0.05, 0) is 47.5 Å². The van der Waals surface area contributed by atoms with Crippen LogP contribution in [-0.2, 0) is 18.3 Å². The number of hydrogen-bond donors (Lipinski definition) is 0. The molecule has 0 saturated heterocycles. The minimum absolute atomic E-state index is 0.178. The molecule has 166 valence electrons. The molecule has 33 heavy (non-hydrogen) atoms. The highest BCUT2D eigenvalue weighted by atomic mass is 31.2. The van der Waals surface area contributed by atoms with Crippen LogP contribution in [0.3, 0.4) is 0 Å². The second-order valence-corrected chi connectivity index (χ2v) is 9.63. The Kier molecular flexibility index (Phi) is 5.63. The highest BCUT2D eigenvalue weighted by Gasteiger charge is 2.40. The molecule has 1 aliphatic rings. The van der Waals surface area contributed by atoms with E-state index in [1.165, 1.54) is 0 Å². The molecular formula is C27H23O5P. The molecule has 0 radical (unpaired) electrons. The summed E-state index contributed by atoms with van der Waals surface area (Å²) in [4.78, 5) is 12.9. The van der Waals surface area contributed by atoms with Gasteiger partial charge in [-0.2, -0.15) is 0 Å². The molecule has 0 bridgehead atoms. The van der Waals surface area contributed by atoms with Gasteiger partial charge in [0.15, 0.2) is 5.76 Å². The molecule has 0 N–H and O–H groups in total. The van der Waals surface area contributed by atoms with Crippen molar-refractivity contribution in [3.8, 4) is 0 Å². The zero-order valence-corrected chi connectivity index (χ0v) is 19.3. The van der Waals surface area contributed by atoms with Crippen molar-refractivity contribution in [1.82, 2.24) is 0 Å². The fraction of sp³-hybridized carbons (Fsp3) is 0.148. The summed E-state index contributed by atoms with van der Waals surface area (Å²) < 4.78 is 31.6. The number of esters is 1. The van der Waals surface area contributed by atoms with Crippen molar-refractivity contribution < 1.29 is 23.1 Å². The zero-order chi connectivity index (χ0) is 23.0. The molecule has 6 heteroatoms. The topological polar surface area (TPSA) is 61.8 Å². The van der Waals surface area contributed by atoms with Gasteiger partial charge in [0.25, 0.3) is 0 Å². The van der Waals surface area contributed by atoms with E-state index in [2.05, 4.69) is 0 Å². The van der Waals surface area contributed by atoms with Crippen molar-refractivity contribution in [2.24, 2.45) is 0 Å². The summed E-state index contributed by atoms with van der Waals surface area (Å²) >= 11 is 0. The lowest BCUT2D eigenvalue weighted by molar-refractivity contribution is 0.0717. The zero-order valence-electron chi connectivity index (χ0n) is 18.4. The van der Waals surface area contributed by atoms with Crippen LogP contribution in [0.4, 0.5) is 0 Å². The molecule has 0 aliphatic carbocycles. The molecule has 4 aromatic rings. The molecule has 1 aliphatic heterocycles. The monoisotopic (exact) mass is 458 g/mol. The second-order valence-electron chi connectivity index (χ2n) is 7.67. The van der Waals surface area contributed by atoms with Crippen molar-refractivity contribution in [2.75, 3.05) is 13.2 Å². The van der Waals surface area contributed by atoms with E-state index in [-0.39, 0.29) is 24.3 Å². The van der Waals surface area contributed by atoms with Crippen molar-refractivity contribution in [1.29, 1.82) is 0 Å². The van der Waals surface area contributed by atoms with Crippen molar-refractivity contribution in [3.63, 3.8) is 0 Å². The van der Waals surface area contributed by atoms with Crippen LogP contribution in [0.5, 0.6) is 0 Å². The first kappa shape index (κ1) is 21.6. The quantitative estimate of drug-likeness (QED) is 0.225. The third-order valence-electron chi connectivity index (χ3n) is 5.68. The van der Waals surface area contributed by atoms with E-state index in [1.54, 1.807) is 13.8 Å². The predicted molar refractivity (Wildman–Crippen MR) is 131 cm³/mol. The van der Waals surface area contributed by atoms with Crippen LogP contribution in [0.25, 0.3) is 32.6 Å². The Balaban J connectivity index is 1.89. The predicted octanol–water partition coefficient (Wildman–Crippen LogP) is 7.26. The van der Waals surface area contributed by atoms with Gasteiger partial charge in [-0.3, -0.25) is 4.57 Å². The maximum absolute atomic E-state index is 14.2. The van der Waals surface area contributed by atoms with E-state index in [1.807, 2.05) is 78.9 Å². The van der Waals surface area contributed by atoms with Gasteiger partial charge in [0.1, 0.15) is 5.31 Å². The summed E-state index contributed by atoms with van der Waals surface area (Å²) in [5.74, 6) is -0.259. The Hall–Kier alpha value is -3.24. The highest BCUT2D eigenvalue weighted by Crippen LogP contribution is 2.64. The Bertz CT molecular complexity index is 1450. The summed E-state index contributed by atoms with van der Waals surface area (Å²) in [6, 6.07) is 25.0. The number of rotatable bonds is 6. The number of cyclic esters (lactones) is 1. The summed E-state index contributed by atoms with van der Waals surface area (Å²) in [6.07, 6.45) is 0. The third kappa shape index (κ3) is 3.68. The molecule has 0 atom stereocenters. The lowest BCUT2D eigenvalue weighted by Crippen LogP contribution is -2.02. The average molecular weight is 458 g/mol. The Morgan fingerprint density at radius 3 is 2.03 bits per heavy atom. The van der Waals surface area contributed by atoms with Crippen LogP contribution in [0, 0.1) is 0 Å². The van der Waals surface area contributed by atoms with E-state index in [0.717, 1.165) is 21.5 Å². The number of ether oxygens (including phenoxy) is 1. The minimum Gasteiger partial charge on any atom is -0.421 e. The van der Waals surface area contributed by atoms with Gasteiger partial charge in [-0.15, -0.1) is 0 Å². The molecule has 0 amide bonds. The van der Waals surface area contributed by atoms with E-state index >= 15 is 0 Å². The highest BCUT2D eigenvalue weighted by molar-refractivity contribution is 7.65. The average Bonchev–Trinajstić information content (AvgIpc) is 3.13. The molecule has 0 unspecified atom stereocenters. The van der Waals surface area contributed by atoms with Crippen LogP contribution < -0.4 is 0 Å². The van der Waals surface area contributed by atoms with Gasteiger partial charge < -0.3 is 13.8 Å².